The molecule has 0 atom stereocenters. The molecule has 5 heteroatoms. The summed E-state index contributed by atoms with van der Waals surface area (Å²) in [5.41, 5.74) is 4.72. The molecule has 0 saturated carbocycles. The summed E-state index contributed by atoms with van der Waals surface area (Å²) in [6.07, 6.45) is 2.83. The Morgan fingerprint density at radius 1 is 1.07 bits per heavy atom. The van der Waals surface area contributed by atoms with Gasteiger partial charge in [0.15, 0.2) is 5.96 Å². The molecule has 5 nitrogen and oxygen atoms in total. The zero-order valence-corrected chi connectivity index (χ0v) is 16.0. The summed E-state index contributed by atoms with van der Waals surface area (Å²) in [6, 6.07) is 22.5. The Kier molecular flexibility index (Phi) is 5.52. The van der Waals surface area contributed by atoms with Crippen LogP contribution in [0.1, 0.15) is 16.8 Å². The average Bonchev–Trinajstić information content (AvgIpc) is 3.18. The molecule has 0 unspecified atom stereocenters. The molecule has 0 aliphatic carbocycles. The van der Waals surface area contributed by atoms with Crippen LogP contribution in [0.3, 0.4) is 0 Å². The lowest BCUT2D eigenvalue weighted by atomic mass is 10.2. The Balaban J connectivity index is 1.33. The third kappa shape index (κ3) is 4.14. The van der Waals surface area contributed by atoms with Gasteiger partial charge in [-0.05, 0) is 47.9 Å². The number of pyridine rings is 1. The van der Waals surface area contributed by atoms with Gasteiger partial charge < -0.3 is 15.0 Å². The quantitative estimate of drug-likeness (QED) is 0.547. The van der Waals surface area contributed by atoms with Crippen molar-refractivity contribution in [1.29, 1.82) is 0 Å². The fourth-order valence-corrected chi connectivity index (χ4v) is 3.38. The number of aliphatic imine (C=N–C) groups is 1. The molecule has 0 saturated heterocycles. The zero-order chi connectivity index (χ0) is 19.2. The van der Waals surface area contributed by atoms with Gasteiger partial charge in [0.25, 0.3) is 0 Å². The van der Waals surface area contributed by atoms with Gasteiger partial charge in [-0.3, -0.25) is 9.98 Å². The Bertz CT molecular complexity index is 938. The number of hydrogen-bond donors (Lipinski definition) is 1. The van der Waals surface area contributed by atoms with E-state index in [1.165, 1.54) is 16.8 Å². The van der Waals surface area contributed by atoms with Crippen LogP contribution < -0.4 is 15.0 Å². The molecule has 1 N–H and O–H groups in total. The maximum absolute atomic E-state index is 5.80. The smallest absolute Gasteiger partial charge is 0.198 e. The molecule has 2 heterocycles. The van der Waals surface area contributed by atoms with Crippen molar-refractivity contribution in [2.45, 2.75) is 19.6 Å². The van der Waals surface area contributed by atoms with Gasteiger partial charge in [0.05, 0.1) is 5.69 Å². The topological polar surface area (TPSA) is 49.8 Å². The van der Waals surface area contributed by atoms with Gasteiger partial charge in [-0.2, -0.15) is 0 Å². The maximum atomic E-state index is 5.80. The first-order chi connectivity index (χ1) is 13.8. The fraction of sp³-hybridized carbons (Fsp3) is 0.217. The van der Waals surface area contributed by atoms with Crippen molar-refractivity contribution in [2.24, 2.45) is 4.99 Å². The summed E-state index contributed by atoms with van der Waals surface area (Å²) >= 11 is 0. The minimum atomic E-state index is 0.472. The highest BCUT2D eigenvalue weighted by Crippen LogP contribution is 2.27. The zero-order valence-electron chi connectivity index (χ0n) is 16.0. The number of fused-ring (bicyclic) bond motifs is 1. The largest absolute Gasteiger partial charge is 0.487 e. The van der Waals surface area contributed by atoms with Gasteiger partial charge in [-0.25, -0.2) is 0 Å². The number of nitrogens with zero attached hydrogens (tertiary/aromatic N) is 3. The second kappa shape index (κ2) is 8.57. The van der Waals surface area contributed by atoms with Crippen LogP contribution in [-0.4, -0.2) is 24.5 Å². The molecule has 142 valence electrons. The molecule has 0 amide bonds. The third-order valence-corrected chi connectivity index (χ3v) is 4.84. The van der Waals surface area contributed by atoms with Crippen molar-refractivity contribution in [1.82, 2.24) is 10.3 Å². The minimum Gasteiger partial charge on any atom is -0.487 e. The van der Waals surface area contributed by atoms with Gasteiger partial charge in [-0.1, -0.05) is 36.4 Å². The number of ether oxygens (including phenoxy) is 1. The first-order valence-electron chi connectivity index (χ1n) is 9.51. The van der Waals surface area contributed by atoms with E-state index in [1.807, 2.05) is 37.4 Å². The summed E-state index contributed by atoms with van der Waals surface area (Å²) < 4.78 is 5.80. The Labute approximate surface area is 165 Å². The molecule has 4 rings (SSSR count). The van der Waals surface area contributed by atoms with Crippen molar-refractivity contribution >= 4 is 11.6 Å². The average molecular weight is 372 g/mol. The Morgan fingerprint density at radius 2 is 1.89 bits per heavy atom. The van der Waals surface area contributed by atoms with Crippen LogP contribution in [0.4, 0.5) is 5.69 Å². The van der Waals surface area contributed by atoms with Crippen LogP contribution in [0.15, 0.2) is 77.9 Å². The highest BCUT2D eigenvalue weighted by molar-refractivity contribution is 5.97. The number of rotatable bonds is 5. The van der Waals surface area contributed by atoms with Crippen LogP contribution in [0.2, 0.25) is 0 Å². The summed E-state index contributed by atoms with van der Waals surface area (Å²) in [7, 11) is 1.83. The van der Waals surface area contributed by atoms with Gasteiger partial charge >= 0.3 is 0 Å². The number of anilines is 1. The Morgan fingerprint density at radius 3 is 2.68 bits per heavy atom. The molecular weight excluding hydrogens is 348 g/mol. The molecule has 1 aliphatic rings. The molecule has 0 spiro atoms. The van der Waals surface area contributed by atoms with Gasteiger partial charge in [0, 0.05) is 32.0 Å². The van der Waals surface area contributed by atoms with Crippen LogP contribution in [0, 0.1) is 0 Å². The predicted octanol–water partition coefficient (Wildman–Crippen LogP) is 3.80. The summed E-state index contributed by atoms with van der Waals surface area (Å²) in [6.45, 7) is 2.14. The molecule has 0 radical (unpaired) electrons. The minimum absolute atomic E-state index is 0.472. The first kappa shape index (κ1) is 18.0. The lowest BCUT2D eigenvalue weighted by Gasteiger charge is -2.22. The number of aromatic nitrogens is 1. The van der Waals surface area contributed by atoms with E-state index in [0.29, 0.717) is 13.2 Å². The van der Waals surface area contributed by atoms with Crippen LogP contribution >= 0.6 is 0 Å². The highest BCUT2D eigenvalue weighted by atomic mass is 16.5. The second-order valence-electron chi connectivity index (χ2n) is 6.68. The monoisotopic (exact) mass is 372 g/mol. The van der Waals surface area contributed by atoms with Crippen LogP contribution in [0.25, 0.3) is 0 Å². The summed E-state index contributed by atoms with van der Waals surface area (Å²) in [5.74, 6) is 1.74. The number of nitrogens with one attached hydrogen (secondary N) is 1. The molecule has 1 aromatic heterocycles. The number of benzene rings is 2. The second-order valence-corrected chi connectivity index (χ2v) is 6.68. The van der Waals surface area contributed by atoms with E-state index in [1.54, 1.807) is 6.20 Å². The van der Waals surface area contributed by atoms with E-state index in [-0.39, 0.29) is 0 Å². The van der Waals surface area contributed by atoms with E-state index in [0.717, 1.165) is 30.4 Å². The predicted molar refractivity (Wildman–Crippen MR) is 113 cm³/mol. The van der Waals surface area contributed by atoms with Gasteiger partial charge in [0.2, 0.25) is 0 Å². The standard InChI is InChI=1S/C23H24N4O/c1-24-23(27-15-13-19-6-2-3-8-22(19)27)26-16-18-9-11-21(12-10-18)28-17-20-7-4-5-14-25-20/h2-12,14H,13,15-17H2,1H3,(H,24,26). The normalized spacial score (nSPS) is 13.3. The van der Waals surface area contributed by atoms with Crippen molar-refractivity contribution < 1.29 is 4.74 Å². The van der Waals surface area contributed by atoms with E-state index in [9.17, 15) is 0 Å². The SMILES string of the molecule is CN=C(NCc1ccc(OCc2ccccn2)cc1)N1CCc2ccccc21. The molecular formula is C23H24N4O. The first-order valence-corrected chi connectivity index (χ1v) is 9.51. The van der Waals surface area contributed by atoms with Gasteiger partial charge in [-0.15, -0.1) is 0 Å². The molecule has 3 aromatic rings. The van der Waals surface area contributed by atoms with Crippen molar-refractivity contribution in [3.05, 3.63) is 89.7 Å². The fourth-order valence-electron chi connectivity index (χ4n) is 3.38. The molecule has 0 bridgehead atoms. The van der Waals surface area contributed by atoms with Crippen LogP contribution in [-0.2, 0) is 19.6 Å². The molecule has 28 heavy (non-hydrogen) atoms. The van der Waals surface area contributed by atoms with E-state index < -0.39 is 0 Å². The van der Waals surface area contributed by atoms with E-state index in [2.05, 4.69) is 56.6 Å². The van der Waals surface area contributed by atoms with E-state index in [4.69, 9.17) is 4.74 Å². The van der Waals surface area contributed by atoms with Crippen molar-refractivity contribution in [2.75, 3.05) is 18.5 Å². The van der Waals surface area contributed by atoms with E-state index >= 15 is 0 Å². The number of hydrogen-bond acceptors (Lipinski definition) is 3. The Hall–Kier alpha value is -3.34. The van der Waals surface area contributed by atoms with Crippen molar-refractivity contribution in [3.63, 3.8) is 0 Å². The van der Waals surface area contributed by atoms with Crippen molar-refractivity contribution in [3.8, 4) is 5.75 Å². The highest BCUT2D eigenvalue weighted by Gasteiger charge is 2.22. The molecule has 1 aliphatic heterocycles. The number of para-hydroxylation sites is 1. The van der Waals surface area contributed by atoms with Crippen LogP contribution in [0.5, 0.6) is 5.75 Å². The lowest BCUT2D eigenvalue weighted by molar-refractivity contribution is 0.301. The van der Waals surface area contributed by atoms with Gasteiger partial charge in [0.1, 0.15) is 12.4 Å². The molecule has 2 aromatic carbocycles. The maximum Gasteiger partial charge on any atom is 0.198 e. The molecule has 0 fully saturated rings. The number of guanidine groups is 1. The lowest BCUT2D eigenvalue weighted by Crippen LogP contribution is -2.40. The summed E-state index contributed by atoms with van der Waals surface area (Å²) in [5, 5.41) is 3.47. The third-order valence-electron chi connectivity index (χ3n) is 4.84. The summed E-state index contributed by atoms with van der Waals surface area (Å²) in [4.78, 5) is 11.0.